The summed E-state index contributed by atoms with van der Waals surface area (Å²) in [5.41, 5.74) is 1.03. The van der Waals surface area contributed by atoms with E-state index in [4.69, 9.17) is 0 Å². The van der Waals surface area contributed by atoms with Gasteiger partial charge in [-0.1, -0.05) is 26.0 Å². The first-order chi connectivity index (χ1) is 5.43. The van der Waals surface area contributed by atoms with Crippen LogP contribution < -0.4 is 0 Å². The lowest BCUT2D eigenvalue weighted by Gasteiger charge is -1.98. The van der Waals surface area contributed by atoms with Crippen LogP contribution in [0, 0.1) is 0 Å². The number of thiocarbonyl (C=S) groups is 1. The average Bonchev–Trinajstić information content (AvgIpc) is 2.11. The molecule has 1 aliphatic carbocycles. The standard InChI is InChI=1S/C7H7NS.C2H6/c9-6-8-7-4-2-1-3-5-7;1-2/h1-2,4H,3,5H2;1-2H3. The molecular weight excluding hydrogens is 154 g/mol. The third kappa shape index (κ3) is 4.65. The van der Waals surface area contributed by atoms with Crippen LogP contribution in [0.15, 0.2) is 28.9 Å². The maximum absolute atomic E-state index is 4.45. The first-order valence-electron chi connectivity index (χ1n) is 3.87. The second-order valence-electron chi connectivity index (χ2n) is 1.83. The Morgan fingerprint density at radius 1 is 1.55 bits per heavy atom. The monoisotopic (exact) mass is 167 g/mol. The van der Waals surface area contributed by atoms with Crippen molar-refractivity contribution in [3.63, 3.8) is 0 Å². The van der Waals surface area contributed by atoms with Gasteiger partial charge in [-0.2, -0.15) is 4.99 Å². The Hall–Kier alpha value is -0.720. The molecule has 0 amide bonds. The molecule has 1 nitrogen and oxygen atoms in total. The van der Waals surface area contributed by atoms with E-state index < -0.39 is 0 Å². The first-order valence-corrected chi connectivity index (χ1v) is 4.28. The molecule has 1 aliphatic rings. The van der Waals surface area contributed by atoms with E-state index in [1.165, 1.54) is 0 Å². The smallest absolute Gasteiger partial charge is 0.0637 e. The fourth-order valence-electron chi connectivity index (χ4n) is 0.742. The van der Waals surface area contributed by atoms with Crippen LogP contribution in [-0.4, -0.2) is 5.16 Å². The lowest BCUT2D eigenvalue weighted by atomic mass is 10.1. The van der Waals surface area contributed by atoms with Gasteiger partial charge in [-0.25, -0.2) is 0 Å². The van der Waals surface area contributed by atoms with Crippen LogP contribution in [0.2, 0.25) is 0 Å². The van der Waals surface area contributed by atoms with Gasteiger partial charge in [0.05, 0.1) is 10.9 Å². The number of isothiocyanates is 1. The van der Waals surface area contributed by atoms with Crippen molar-refractivity contribution in [1.82, 2.24) is 0 Å². The van der Waals surface area contributed by atoms with Gasteiger partial charge in [0.1, 0.15) is 0 Å². The molecule has 0 aromatic carbocycles. The molecule has 0 unspecified atom stereocenters. The fraction of sp³-hybridized carbons (Fsp3) is 0.444. The number of allylic oxidation sites excluding steroid dienone is 4. The minimum atomic E-state index is 1.00. The molecule has 0 saturated heterocycles. The van der Waals surface area contributed by atoms with E-state index >= 15 is 0 Å². The molecule has 0 bridgehead atoms. The minimum Gasteiger partial charge on any atom is -0.199 e. The summed E-state index contributed by atoms with van der Waals surface area (Å²) >= 11 is 4.45. The molecule has 0 aromatic heterocycles. The molecule has 60 valence electrons. The van der Waals surface area contributed by atoms with E-state index in [9.17, 15) is 0 Å². The summed E-state index contributed by atoms with van der Waals surface area (Å²) in [6.07, 6.45) is 8.15. The van der Waals surface area contributed by atoms with Crippen LogP contribution >= 0.6 is 12.2 Å². The Kier molecular flexibility index (Phi) is 6.90. The van der Waals surface area contributed by atoms with Crippen LogP contribution in [0.25, 0.3) is 0 Å². The topological polar surface area (TPSA) is 12.4 Å². The van der Waals surface area contributed by atoms with Gasteiger partial charge in [-0.05, 0) is 31.1 Å². The number of aliphatic imine (C=N–C) groups is 1. The van der Waals surface area contributed by atoms with Crippen molar-refractivity contribution in [2.45, 2.75) is 26.7 Å². The first kappa shape index (κ1) is 10.3. The molecule has 0 saturated carbocycles. The van der Waals surface area contributed by atoms with Crippen molar-refractivity contribution >= 4 is 17.4 Å². The maximum Gasteiger partial charge on any atom is 0.0637 e. The Morgan fingerprint density at radius 3 is 2.73 bits per heavy atom. The van der Waals surface area contributed by atoms with Crippen LogP contribution in [-0.2, 0) is 0 Å². The molecule has 0 heterocycles. The highest BCUT2D eigenvalue weighted by Crippen LogP contribution is 2.11. The second-order valence-corrected chi connectivity index (χ2v) is 2.01. The molecular formula is C9H13NS. The van der Waals surface area contributed by atoms with E-state index in [0.29, 0.717) is 0 Å². The van der Waals surface area contributed by atoms with Gasteiger partial charge >= 0.3 is 0 Å². The van der Waals surface area contributed by atoms with Crippen molar-refractivity contribution in [2.24, 2.45) is 4.99 Å². The highest BCUT2D eigenvalue weighted by atomic mass is 32.1. The molecule has 0 spiro atoms. The molecule has 0 N–H and O–H groups in total. The van der Waals surface area contributed by atoms with E-state index in [-0.39, 0.29) is 0 Å². The van der Waals surface area contributed by atoms with Gasteiger partial charge in [0.15, 0.2) is 0 Å². The molecule has 0 aliphatic heterocycles. The van der Waals surface area contributed by atoms with E-state index in [0.717, 1.165) is 18.5 Å². The predicted molar refractivity (Wildman–Crippen MR) is 52.8 cm³/mol. The third-order valence-electron chi connectivity index (χ3n) is 1.18. The fourth-order valence-corrected chi connectivity index (χ4v) is 0.859. The van der Waals surface area contributed by atoms with Crippen molar-refractivity contribution in [1.29, 1.82) is 0 Å². The van der Waals surface area contributed by atoms with Crippen molar-refractivity contribution in [3.05, 3.63) is 23.9 Å². The van der Waals surface area contributed by atoms with Gasteiger partial charge in [-0.3, -0.25) is 0 Å². The molecule has 0 radical (unpaired) electrons. The van der Waals surface area contributed by atoms with Gasteiger partial charge in [0, 0.05) is 0 Å². The Bertz CT molecular complexity index is 198. The summed E-state index contributed by atoms with van der Waals surface area (Å²) in [5.74, 6) is 0. The van der Waals surface area contributed by atoms with Gasteiger partial charge in [0.25, 0.3) is 0 Å². The van der Waals surface area contributed by atoms with Crippen LogP contribution in [0.4, 0.5) is 0 Å². The molecule has 11 heavy (non-hydrogen) atoms. The summed E-state index contributed by atoms with van der Waals surface area (Å²) < 4.78 is 0. The second kappa shape index (κ2) is 7.39. The van der Waals surface area contributed by atoms with Gasteiger partial charge < -0.3 is 0 Å². The zero-order chi connectivity index (χ0) is 8.53. The van der Waals surface area contributed by atoms with E-state index in [1.807, 2.05) is 26.0 Å². The van der Waals surface area contributed by atoms with E-state index in [1.54, 1.807) is 0 Å². The normalized spacial score (nSPS) is 13.8. The van der Waals surface area contributed by atoms with Crippen LogP contribution in [0.1, 0.15) is 26.7 Å². The third-order valence-corrected chi connectivity index (χ3v) is 1.27. The van der Waals surface area contributed by atoms with Crippen molar-refractivity contribution < 1.29 is 0 Å². The Balaban J connectivity index is 0.000000461. The van der Waals surface area contributed by atoms with Crippen LogP contribution in [0.5, 0.6) is 0 Å². The number of nitrogens with zero attached hydrogens (tertiary/aromatic N) is 1. The zero-order valence-corrected chi connectivity index (χ0v) is 7.82. The Labute approximate surface area is 73.5 Å². The van der Waals surface area contributed by atoms with Gasteiger partial charge in [0.2, 0.25) is 0 Å². The van der Waals surface area contributed by atoms with E-state index in [2.05, 4.69) is 28.4 Å². The highest BCUT2D eigenvalue weighted by molar-refractivity contribution is 7.78. The summed E-state index contributed by atoms with van der Waals surface area (Å²) in [4.78, 5) is 3.86. The molecule has 0 fully saturated rings. The molecule has 0 aromatic rings. The summed E-state index contributed by atoms with van der Waals surface area (Å²) in [6, 6.07) is 0. The molecule has 1 rings (SSSR count). The largest absolute Gasteiger partial charge is 0.199 e. The molecule has 0 atom stereocenters. The minimum absolute atomic E-state index is 1.00. The highest BCUT2D eigenvalue weighted by Gasteiger charge is 1.93. The zero-order valence-electron chi connectivity index (χ0n) is 7.00. The van der Waals surface area contributed by atoms with Crippen molar-refractivity contribution in [2.75, 3.05) is 0 Å². The maximum atomic E-state index is 4.45. The van der Waals surface area contributed by atoms with Crippen LogP contribution in [0.3, 0.4) is 0 Å². The number of rotatable bonds is 1. The lowest BCUT2D eigenvalue weighted by Crippen LogP contribution is -1.81. The predicted octanol–water partition coefficient (Wildman–Crippen LogP) is 3.35. The van der Waals surface area contributed by atoms with Crippen molar-refractivity contribution in [3.8, 4) is 0 Å². The number of hydrogen-bond acceptors (Lipinski definition) is 2. The van der Waals surface area contributed by atoms with Gasteiger partial charge in [-0.15, -0.1) is 0 Å². The lowest BCUT2D eigenvalue weighted by molar-refractivity contribution is 0.947. The quantitative estimate of drug-likeness (QED) is 0.431. The average molecular weight is 167 g/mol. The summed E-state index contributed by atoms with van der Waals surface area (Å²) in [5, 5.41) is 2.34. The SMILES string of the molecule is CC.S=C=NC1=CC=CCC1. The molecule has 2 heteroatoms. The summed E-state index contributed by atoms with van der Waals surface area (Å²) in [6.45, 7) is 4.00. The number of hydrogen-bond donors (Lipinski definition) is 0. The Morgan fingerprint density at radius 2 is 2.27 bits per heavy atom. The summed E-state index contributed by atoms with van der Waals surface area (Å²) in [7, 11) is 0.